The zero-order chi connectivity index (χ0) is 47.1. The molecule has 2 aliphatic heterocycles. The Balaban J connectivity index is 0.00000952. The molecule has 0 aliphatic carbocycles. The van der Waals surface area contributed by atoms with Crippen LogP contribution < -0.4 is 16.0 Å². The topological polar surface area (TPSA) is 272 Å². The SMILES string of the molecule is N#C[C@@H]1CC(F)(F)CN1C(=O)CNC(=O)c1ccnc2ccc(-c3ccc(C(=O)NCCCNC(O)CN4CCN(CC(=O)O)CCN(CC(=O)O)CCN(CC(=O)O)CC4)cc3)cc12.[Eu]. The molecule has 66 heavy (non-hydrogen) atoms. The van der Waals surface area contributed by atoms with Gasteiger partial charge in [-0.05, 0) is 54.4 Å². The molecule has 2 atom stereocenters. The summed E-state index contributed by atoms with van der Waals surface area (Å²) in [5.74, 6) is -8.04. The third-order valence-corrected chi connectivity index (χ3v) is 11.1. The number of nitriles is 1. The maximum atomic E-state index is 13.8. The fourth-order valence-electron chi connectivity index (χ4n) is 7.66. The van der Waals surface area contributed by atoms with Crippen molar-refractivity contribution in [1.29, 1.82) is 5.26 Å². The molecule has 2 fully saturated rings. The molecule has 1 aromatic heterocycles. The predicted molar refractivity (Wildman–Crippen MR) is 230 cm³/mol. The van der Waals surface area contributed by atoms with E-state index in [0.29, 0.717) is 61.2 Å². The predicted octanol–water partition coefficient (Wildman–Crippen LogP) is -0.105. The Morgan fingerprint density at radius 2 is 1.30 bits per heavy atom. The second-order valence-corrected chi connectivity index (χ2v) is 16.0. The van der Waals surface area contributed by atoms with Crippen molar-refractivity contribution < 1.29 is 107 Å². The molecular weight excluding hydrogens is 1010 g/mol. The van der Waals surface area contributed by atoms with Gasteiger partial charge in [0.1, 0.15) is 12.3 Å². The number of β-amino-alcohol motifs (C(OH)–C–C–N with tert-alkyl or cyclic N) is 1. The summed E-state index contributed by atoms with van der Waals surface area (Å²) in [5.41, 5.74) is 2.51. The Bertz CT molecular complexity index is 2190. The summed E-state index contributed by atoms with van der Waals surface area (Å²) < 4.78 is 27.7. The van der Waals surface area contributed by atoms with Crippen LogP contribution in [0.2, 0.25) is 0 Å². The second kappa shape index (κ2) is 26.1. The number of carbonyl (C=O) groups is 6. The van der Waals surface area contributed by atoms with Crippen molar-refractivity contribution in [3.05, 3.63) is 65.9 Å². The molecule has 3 heterocycles. The first-order valence-corrected chi connectivity index (χ1v) is 21.1. The largest absolute Gasteiger partial charge is 0.480 e. The Kier molecular flexibility index (Phi) is 21.3. The van der Waals surface area contributed by atoms with Gasteiger partial charge in [-0.2, -0.15) is 5.26 Å². The summed E-state index contributed by atoms with van der Waals surface area (Å²) in [6.07, 6.45) is 0.149. The van der Waals surface area contributed by atoms with Crippen molar-refractivity contribution in [1.82, 2.24) is 45.4 Å². The third-order valence-electron chi connectivity index (χ3n) is 11.1. The van der Waals surface area contributed by atoms with Gasteiger partial charge in [0.25, 0.3) is 17.7 Å². The number of likely N-dealkylation sites (tertiary alicyclic amines) is 1. The first-order chi connectivity index (χ1) is 31.0. The van der Waals surface area contributed by atoms with Crippen LogP contribution in [-0.2, 0) is 19.2 Å². The molecule has 0 saturated carbocycles. The van der Waals surface area contributed by atoms with Gasteiger partial charge < -0.3 is 36.0 Å². The molecule has 2 aromatic carbocycles. The number of hydrogen-bond donors (Lipinski definition) is 7. The average Bonchev–Trinajstić information content (AvgIpc) is 3.59. The van der Waals surface area contributed by atoms with E-state index in [1.165, 1.54) is 12.3 Å². The number of alkyl halides is 2. The van der Waals surface area contributed by atoms with E-state index in [1.54, 1.807) is 63.2 Å². The zero-order valence-electron chi connectivity index (χ0n) is 36.1. The van der Waals surface area contributed by atoms with Crippen LogP contribution in [0.25, 0.3) is 22.0 Å². The number of aromatic nitrogens is 1. The first-order valence-electron chi connectivity index (χ1n) is 21.1. The van der Waals surface area contributed by atoms with Crippen LogP contribution in [0.4, 0.5) is 8.78 Å². The van der Waals surface area contributed by atoms with Gasteiger partial charge >= 0.3 is 17.9 Å². The fraction of sp³-hybridized carbons (Fsp3) is 0.488. The molecule has 2 aliphatic rings. The maximum absolute atomic E-state index is 13.8. The van der Waals surface area contributed by atoms with Crippen LogP contribution in [-0.4, -0.2) is 208 Å². The van der Waals surface area contributed by atoms with Crippen LogP contribution in [0.3, 0.4) is 0 Å². The molecule has 2 saturated heterocycles. The van der Waals surface area contributed by atoms with E-state index in [-0.39, 0.29) is 120 Å². The number of rotatable bonds is 18. The van der Waals surface area contributed by atoms with Crippen LogP contribution in [0.1, 0.15) is 33.6 Å². The summed E-state index contributed by atoms with van der Waals surface area (Å²) in [5, 5.41) is 57.2. The minimum Gasteiger partial charge on any atom is -0.480 e. The molecule has 20 nitrogen and oxygen atoms in total. The smallest absolute Gasteiger partial charge is 0.317 e. The molecule has 1 radical (unpaired) electrons. The average molecular weight is 1060 g/mol. The summed E-state index contributed by atoms with van der Waals surface area (Å²) in [6.45, 7) is 1.02. The number of aliphatic hydroxyl groups excluding tert-OH is 1. The second-order valence-electron chi connectivity index (χ2n) is 16.0. The number of hydrogen-bond acceptors (Lipinski definition) is 14. The van der Waals surface area contributed by atoms with Crippen molar-refractivity contribution in [2.24, 2.45) is 0 Å². The molecule has 23 heteroatoms. The molecule has 0 spiro atoms. The van der Waals surface area contributed by atoms with E-state index in [4.69, 9.17) is 0 Å². The number of benzene rings is 2. The number of aliphatic carboxylic acids is 3. The van der Waals surface area contributed by atoms with Crippen molar-refractivity contribution in [2.45, 2.75) is 31.0 Å². The summed E-state index contributed by atoms with van der Waals surface area (Å²) in [4.78, 5) is 85.5. The number of fused-ring (bicyclic) bond motifs is 1. The number of carboxylic acid groups (broad SMARTS) is 3. The quantitative estimate of drug-likeness (QED) is 0.0647. The van der Waals surface area contributed by atoms with Crippen molar-refractivity contribution in [3.8, 4) is 17.2 Å². The van der Waals surface area contributed by atoms with Gasteiger partial charge in [0, 0.05) is 138 Å². The van der Waals surface area contributed by atoms with Gasteiger partial charge in [-0.1, -0.05) is 18.2 Å². The Hall–Kier alpha value is -4.64. The maximum Gasteiger partial charge on any atom is 0.317 e. The molecule has 1 unspecified atom stereocenters. The van der Waals surface area contributed by atoms with E-state index < -0.39 is 67.4 Å². The van der Waals surface area contributed by atoms with Gasteiger partial charge in [-0.15, -0.1) is 0 Å². The van der Waals surface area contributed by atoms with Gasteiger partial charge in [0.15, 0.2) is 0 Å². The number of carboxylic acids is 3. The van der Waals surface area contributed by atoms with Crippen LogP contribution >= 0.6 is 0 Å². The zero-order valence-corrected chi connectivity index (χ0v) is 38.5. The Labute approximate surface area is 420 Å². The van der Waals surface area contributed by atoms with Crippen LogP contribution in [0.15, 0.2) is 54.7 Å². The molecule has 0 bridgehead atoms. The van der Waals surface area contributed by atoms with Gasteiger partial charge in [-0.25, -0.2) is 8.78 Å². The number of amides is 3. The first kappa shape index (κ1) is 54.0. The van der Waals surface area contributed by atoms with Gasteiger partial charge in [0.05, 0.1) is 49.9 Å². The molecule has 7 N–H and O–H groups in total. The van der Waals surface area contributed by atoms with E-state index in [1.807, 2.05) is 4.90 Å². The Morgan fingerprint density at radius 1 is 0.758 bits per heavy atom. The molecular formula is C43H54EuF2N10O10. The summed E-state index contributed by atoms with van der Waals surface area (Å²) >= 11 is 0. The van der Waals surface area contributed by atoms with E-state index in [0.717, 1.165) is 10.5 Å². The number of pyridine rings is 1. The normalized spacial score (nSPS) is 18.2. The number of aliphatic hydroxyl groups is 1. The number of carbonyl (C=O) groups excluding carboxylic acids is 3. The third kappa shape index (κ3) is 16.9. The van der Waals surface area contributed by atoms with E-state index in [9.17, 15) is 63.2 Å². The minimum absolute atomic E-state index is 0. The summed E-state index contributed by atoms with van der Waals surface area (Å²) in [7, 11) is 0. The minimum atomic E-state index is -3.18. The van der Waals surface area contributed by atoms with Crippen molar-refractivity contribution in [2.75, 3.05) is 105 Å². The molecule has 3 aromatic rings. The number of halogens is 2. The standard InChI is InChI=1S/C43H54F2N10O10.Eu/c44-43(45)21-32(22-46)55(28-43)37(57)23-50-42(65)33-8-11-47-35-7-6-31(20-34(33)35)29-2-4-30(5-3-29)41(64)49-10-1-9-48-36(56)24-51-12-14-52(25-38(58)59)16-18-54(27-40(62)63)19-17-53(15-13-51)26-39(60)61;/h2-8,11,20,32,36,48,56H,1,9-10,12-19,21,23-28H2,(H,49,64)(H,50,65)(H,58,59)(H,60,61)(H,62,63);/t32-,36?;/m0./s1. The summed E-state index contributed by atoms with van der Waals surface area (Å²) in [6, 6.07) is 13.9. The van der Waals surface area contributed by atoms with Crippen LogP contribution in [0, 0.1) is 60.7 Å². The number of nitrogens with zero attached hydrogens (tertiary/aromatic N) is 7. The van der Waals surface area contributed by atoms with Crippen molar-refractivity contribution in [3.63, 3.8) is 0 Å². The van der Waals surface area contributed by atoms with Crippen LogP contribution in [0.5, 0.6) is 0 Å². The van der Waals surface area contributed by atoms with E-state index >= 15 is 0 Å². The molecule has 3 amide bonds. The fourth-order valence-corrected chi connectivity index (χ4v) is 7.66. The van der Waals surface area contributed by atoms with Crippen molar-refractivity contribution >= 4 is 46.5 Å². The van der Waals surface area contributed by atoms with Gasteiger partial charge in [0.2, 0.25) is 5.91 Å². The molecule has 357 valence electrons. The monoisotopic (exact) mass is 1060 g/mol. The Morgan fingerprint density at radius 3 is 1.85 bits per heavy atom. The van der Waals surface area contributed by atoms with Gasteiger partial charge in [-0.3, -0.25) is 58.7 Å². The number of nitrogens with one attached hydrogen (secondary N) is 3. The molecule has 5 rings (SSSR count). The van der Waals surface area contributed by atoms with E-state index in [2.05, 4.69) is 20.9 Å².